The van der Waals surface area contributed by atoms with Gasteiger partial charge in [-0.05, 0) is 18.9 Å². The van der Waals surface area contributed by atoms with Gasteiger partial charge in [0.05, 0.1) is 27.4 Å². The lowest BCUT2D eigenvalue weighted by Crippen LogP contribution is -2.36. The van der Waals surface area contributed by atoms with Crippen LogP contribution in [-0.2, 0) is 0 Å². The van der Waals surface area contributed by atoms with E-state index in [2.05, 4.69) is 0 Å². The average Bonchev–Trinajstić information content (AvgIpc) is 3.15. The molecule has 1 aliphatic carbocycles. The Morgan fingerprint density at radius 3 is 1.94 bits per heavy atom. The minimum atomic E-state index is -0.313. The lowest BCUT2D eigenvalue weighted by Gasteiger charge is -2.23. The summed E-state index contributed by atoms with van der Waals surface area (Å²) < 4.78 is 15.9. The molecule has 1 fully saturated rings. The van der Waals surface area contributed by atoms with Crippen molar-refractivity contribution in [2.24, 2.45) is 11.5 Å². The summed E-state index contributed by atoms with van der Waals surface area (Å²) in [6, 6.07) is 3.36. The normalized spacial score (nSPS) is 18.1. The summed E-state index contributed by atoms with van der Waals surface area (Å²) in [4.78, 5) is 0. The zero-order chi connectivity index (χ0) is 13.3. The summed E-state index contributed by atoms with van der Waals surface area (Å²) in [6.07, 6.45) is 1.87. The molecule has 100 valence electrons. The Morgan fingerprint density at radius 2 is 1.50 bits per heavy atom. The van der Waals surface area contributed by atoms with E-state index < -0.39 is 0 Å². The molecule has 1 unspecified atom stereocenters. The van der Waals surface area contributed by atoms with Crippen LogP contribution < -0.4 is 25.7 Å². The highest BCUT2D eigenvalue weighted by Gasteiger charge is 2.45. The number of methoxy groups -OCH3 is 3. The number of hydrogen-bond acceptors (Lipinski definition) is 5. The monoisotopic (exact) mass is 252 g/mol. The van der Waals surface area contributed by atoms with Crippen LogP contribution >= 0.6 is 0 Å². The predicted octanol–water partition coefficient (Wildman–Crippen LogP) is 1.20. The molecule has 0 heterocycles. The van der Waals surface area contributed by atoms with Crippen LogP contribution in [0.15, 0.2) is 12.1 Å². The molecule has 5 heteroatoms. The highest BCUT2D eigenvalue weighted by atomic mass is 16.5. The summed E-state index contributed by atoms with van der Waals surface area (Å²) >= 11 is 0. The molecule has 1 aromatic carbocycles. The van der Waals surface area contributed by atoms with Gasteiger partial charge in [0.25, 0.3) is 0 Å². The molecular weight excluding hydrogens is 232 g/mol. The van der Waals surface area contributed by atoms with Gasteiger partial charge in [0.1, 0.15) is 5.75 Å². The number of rotatable bonds is 5. The Hall–Kier alpha value is -1.46. The number of hydrogen-bond donors (Lipinski definition) is 2. The van der Waals surface area contributed by atoms with E-state index in [4.69, 9.17) is 25.7 Å². The van der Waals surface area contributed by atoms with Gasteiger partial charge in [0, 0.05) is 17.2 Å². The van der Waals surface area contributed by atoms with Crippen molar-refractivity contribution in [1.29, 1.82) is 0 Å². The Labute approximate surface area is 107 Å². The number of benzene rings is 1. The van der Waals surface area contributed by atoms with E-state index in [9.17, 15) is 0 Å². The zero-order valence-corrected chi connectivity index (χ0v) is 11.0. The lowest BCUT2D eigenvalue weighted by molar-refractivity contribution is 0.345. The highest BCUT2D eigenvalue weighted by Crippen LogP contribution is 2.46. The molecule has 0 spiro atoms. The van der Waals surface area contributed by atoms with E-state index in [1.807, 2.05) is 6.07 Å². The van der Waals surface area contributed by atoms with Crippen LogP contribution in [0.4, 0.5) is 0 Å². The summed E-state index contributed by atoms with van der Waals surface area (Å²) in [5.41, 5.74) is 12.9. The van der Waals surface area contributed by atoms with Gasteiger partial charge in [-0.15, -0.1) is 0 Å². The molecule has 18 heavy (non-hydrogen) atoms. The molecule has 5 nitrogen and oxygen atoms in total. The fourth-order valence-corrected chi connectivity index (χ4v) is 2.06. The van der Waals surface area contributed by atoms with Crippen LogP contribution in [0.1, 0.15) is 24.4 Å². The molecule has 0 aliphatic heterocycles. The quantitative estimate of drug-likeness (QED) is 0.823. The van der Waals surface area contributed by atoms with Crippen molar-refractivity contribution in [3.8, 4) is 17.2 Å². The van der Waals surface area contributed by atoms with Gasteiger partial charge < -0.3 is 25.7 Å². The van der Waals surface area contributed by atoms with E-state index in [-0.39, 0.29) is 11.6 Å². The molecule has 0 aromatic heterocycles. The first-order chi connectivity index (χ1) is 8.55. The Balaban J connectivity index is 2.44. The smallest absolute Gasteiger partial charge is 0.164 e. The molecule has 1 aromatic rings. The predicted molar refractivity (Wildman–Crippen MR) is 69.2 cm³/mol. The van der Waals surface area contributed by atoms with E-state index in [0.717, 1.165) is 18.4 Å². The number of ether oxygens (including phenoxy) is 3. The summed E-state index contributed by atoms with van der Waals surface area (Å²) in [5.74, 6) is 1.93. The molecule has 0 saturated heterocycles. The fourth-order valence-electron chi connectivity index (χ4n) is 2.06. The minimum Gasteiger partial charge on any atom is -0.496 e. The zero-order valence-electron chi connectivity index (χ0n) is 11.0. The maximum Gasteiger partial charge on any atom is 0.164 e. The van der Waals surface area contributed by atoms with Crippen LogP contribution in [0.5, 0.6) is 17.2 Å². The van der Waals surface area contributed by atoms with Crippen LogP contribution in [0.25, 0.3) is 0 Å². The largest absolute Gasteiger partial charge is 0.496 e. The molecule has 4 N–H and O–H groups in total. The van der Waals surface area contributed by atoms with Gasteiger partial charge in [-0.3, -0.25) is 0 Å². The first-order valence-electron chi connectivity index (χ1n) is 5.90. The lowest BCUT2D eigenvalue weighted by atomic mass is 9.97. The molecule has 0 bridgehead atoms. The summed E-state index contributed by atoms with van der Waals surface area (Å²) in [7, 11) is 4.78. The van der Waals surface area contributed by atoms with E-state index in [0.29, 0.717) is 17.2 Å². The Bertz CT molecular complexity index is 444. The topological polar surface area (TPSA) is 79.7 Å². The van der Waals surface area contributed by atoms with Crippen molar-refractivity contribution >= 4 is 0 Å². The second-order valence-corrected chi connectivity index (χ2v) is 4.66. The molecule has 0 radical (unpaired) electrons. The Kier molecular flexibility index (Phi) is 3.36. The summed E-state index contributed by atoms with van der Waals surface area (Å²) in [6.45, 7) is 0. The highest BCUT2D eigenvalue weighted by molar-refractivity contribution is 5.52. The Morgan fingerprint density at radius 1 is 1.00 bits per heavy atom. The van der Waals surface area contributed by atoms with Crippen molar-refractivity contribution in [2.75, 3.05) is 21.3 Å². The molecule has 2 rings (SSSR count). The van der Waals surface area contributed by atoms with Gasteiger partial charge in [0.2, 0.25) is 0 Å². The molecule has 1 saturated carbocycles. The van der Waals surface area contributed by atoms with Crippen molar-refractivity contribution in [2.45, 2.75) is 24.4 Å². The third kappa shape index (κ3) is 2.11. The van der Waals surface area contributed by atoms with Gasteiger partial charge in [-0.2, -0.15) is 0 Å². The van der Waals surface area contributed by atoms with Gasteiger partial charge in [-0.25, -0.2) is 0 Å². The third-order valence-corrected chi connectivity index (χ3v) is 3.52. The van der Waals surface area contributed by atoms with E-state index in [1.54, 1.807) is 27.4 Å². The SMILES string of the molecule is COc1cc(OC)c(C(N)C2(N)CC2)cc1OC. The van der Waals surface area contributed by atoms with Gasteiger partial charge >= 0.3 is 0 Å². The van der Waals surface area contributed by atoms with Crippen molar-refractivity contribution in [3.63, 3.8) is 0 Å². The van der Waals surface area contributed by atoms with Crippen LogP contribution in [0.3, 0.4) is 0 Å². The molecule has 0 amide bonds. The third-order valence-electron chi connectivity index (χ3n) is 3.52. The first kappa shape index (κ1) is 13.0. The van der Waals surface area contributed by atoms with Crippen LogP contribution in [0, 0.1) is 0 Å². The first-order valence-corrected chi connectivity index (χ1v) is 5.90. The second kappa shape index (κ2) is 4.66. The van der Waals surface area contributed by atoms with E-state index in [1.165, 1.54) is 0 Å². The molecular formula is C13H20N2O3. The fraction of sp³-hybridized carbons (Fsp3) is 0.538. The standard InChI is InChI=1S/C13H20N2O3/c1-16-9-7-11(18-3)10(17-2)6-8(9)12(14)13(15)4-5-13/h6-7,12H,4-5,14-15H2,1-3H3. The minimum absolute atomic E-state index is 0.257. The average molecular weight is 252 g/mol. The maximum absolute atomic E-state index is 6.22. The maximum atomic E-state index is 6.22. The second-order valence-electron chi connectivity index (χ2n) is 4.66. The van der Waals surface area contributed by atoms with Crippen molar-refractivity contribution in [3.05, 3.63) is 17.7 Å². The molecule has 1 atom stereocenters. The van der Waals surface area contributed by atoms with Gasteiger partial charge in [0.15, 0.2) is 11.5 Å². The summed E-state index contributed by atoms with van der Waals surface area (Å²) in [5, 5.41) is 0. The number of nitrogens with two attached hydrogens (primary N) is 2. The van der Waals surface area contributed by atoms with Crippen LogP contribution in [0.2, 0.25) is 0 Å². The van der Waals surface area contributed by atoms with Crippen LogP contribution in [-0.4, -0.2) is 26.9 Å². The van der Waals surface area contributed by atoms with Gasteiger partial charge in [-0.1, -0.05) is 0 Å². The van der Waals surface area contributed by atoms with Crippen molar-refractivity contribution in [1.82, 2.24) is 0 Å². The molecule has 1 aliphatic rings. The van der Waals surface area contributed by atoms with E-state index >= 15 is 0 Å². The van der Waals surface area contributed by atoms with Crippen molar-refractivity contribution < 1.29 is 14.2 Å².